The van der Waals surface area contributed by atoms with E-state index in [4.69, 9.17) is 9.97 Å². The molecule has 3 aliphatic heterocycles. The number of likely N-dealkylation sites (tertiary alicyclic amines) is 1. The number of carbonyl (C=O) groups is 3. The fraction of sp³-hybridized carbons (Fsp3) is 0.464. The molecule has 2 saturated heterocycles. The molecule has 196 valence electrons. The van der Waals surface area contributed by atoms with Crippen LogP contribution in [0.2, 0.25) is 0 Å². The van der Waals surface area contributed by atoms with Gasteiger partial charge in [0.2, 0.25) is 5.91 Å². The Labute approximate surface area is 224 Å². The predicted molar refractivity (Wildman–Crippen MR) is 143 cm³/mol. The summed E-state index contributed by atoms with van der Waals surface area (Å²) in [6.45, 7) is 5.42. The standard InChI is InChI=1S/C28H30N6O3S/c1-16-29-25(24-21-3-2-4-22(21)38-26(24)30-16)18-7-10-32(11-8-18)14-17-5-6-20-19(13-17)15-34(27(20)36)33-12-9-23(35)31-28(33)37/h5-6,13,18H,2-4,7-12,14-15H2,1H3,(H,31,35,37). The number of nitrogens with zero attached hydrogens (tertiary/aromatic N) is 5. The van der Waals surface area contributed by atoms with Crippen LogP contribution in [0.3, 0.4) is 0 Å². The van der Waals surface area contributed by atoms with Gasteiger partial charge in [0.05, 0.1) is 18.8 Å². The van der Waals surface area contributed by atoms with Gasteiger partial charge in [-0.1, -0.05) is 12.1 Å². The van der Waals surface area contributed by atoms with Gasteiger partial charge in [-0.3, -0.25) is 19.8 Å². The molecule has 0 saturated carbocycles. The monoisotopic (exact) mass is 530 g/mol. The van der Waals surface area contributed by atoms with Crippen molar-refractivity contribution in [2.24, 2.45) is 0 Å². The van der Waals surface area contributed by atoms with E-state index in [2.05, 4.69) is 16.3 Å². The Bertz CT molecular complexity index is 1490. The zero-order valence-electron chi connectivity index (χ0n) is 21.5. The summed E-state index contributed by atoms with van der Waals surface area (Å²) in [6.07, 6.45) is 5.95. The van der Waals surface area contributed by atoms with Crippen LogP contribution in [0.15, 0.2) is 18.2 Å². The number of fused-ring (bicyclic) bond motifs is 4. The molecule has 2 fully saturated rings. The lowest BCUT2D eigenvalue weighted by Gasteiger charge is -2.33. The fourth-order valence-electron chi connectivity index (χ4n) is 6.49. The van der Waals surface area contributed by atoms with Crippen LogP contribution in [0.1, 0.15) is 75.0 Å². The van der Waals surface area contributed by atoms with Gasteiger partial charge >= 0.3 is 6.03 Å². The van der Waals surface area contributed by atoms with Crippen molar-refractivity contribution in [3.8, 4) is 0 Å². The summed E-state index contributed by atoms with van der Waals surface area (Å²) in [6, 6.07) is 5.47. The van der Waals surface area contributed by atoms with Crippen molar-refractivity contribution in [1.82, 2.24) is 30.2 Å². The minimum absolute atomic E-state index is 0.191. The van der Waals surface area contributed by atoms with E-state index in [0.29, 0.717) is 18.0 Å². The molecule has 0 radical (unpaired) electrons. The van der Waals surface area contributed by atoms with E-state index in [9.17, 15) is 14.4 Å². The second-order valence-electron chi connectivity index (χ2n) is 10.8. The Hall–Kier alpha value is -3.37. The second kappa shape index (κ2) is 9.13. The second-order valence-corrected chi connectivity index (χ2v) is 11.9. The average Bonchev–Trinajstić information content (AvgIpc) is 3.57. The van der Waals surface area contributed by atoms with Crippen LogP contribution in [-0.2, 0) is 30.7 Å². The lowest BCUT2D eigenvalue weighted by Crippen LogP contribution is -2.56. The van der Waals surface area contributed by atoms with Crippen molar-refractivity contribution < 1.29 is 14.4 Å². The third kappa shape index (κ3) is 3.97. The van der Waals surface area contributed by atoms with Gasteiger partial charge in [0, 0.05) is 34.7 Å². The van der Waals surface area contributed by atoms with Gasteiger partial charge < -0.3 is 0 Å². The molecular formula is C28H30N6O3S. The molecule has 4 amide bonds. The van der Waals surface area contributed by atoms with Crippen molar-refractivity contribution in [1.29, 1.82) is 0 Å². The molecule has 10 heteroatoms. The maximum atomic E-state index is 13.0. The summed E-state index contributed by atoms with van der Waals surface area (Å²) in [5, 5.41) is 6.45. The van der Waals surface area contributed by atoms with Crippen molar-refractivity contribution in [2.45, 2.75) is 64.5 Å². The zero-order chi connectivity index (χ0) is 26.0. The first-order valence-corrected chi connectivity index (χ1v) is 14.3. The number of amides is 4. The maximum Gasteiger partial charge on any atom is 0.342 e. The minimum Gasteiger partial charge on any atom is -0.299 e. The Morgan fingerprint density at radius 3 is 2.68 bits per heavy atom. The smallest absolute Gasteiger partial charge is 0.299 e. The number of thiophene rings is 1. The topological polar surface area (TPSA) is 98.7 Å². The molecule has 0 spiro atoms. The zero-order valence-corrected chi connectivity index (χ0v) is 22.3. The van der Waals surface area contributed by atoms with Crippen molar-refractivity contribution in [3.63, 3.8) is 0 Å². The van der Waals surface area contributed by atoms with Crippen molar-refractivity contribution in [3.05, 3.63) is 56.8 Å². The van der Waals surface area contributed by atoms with Crippen molar-refractivity contribution in [2.75, 3.05) is 19.6 Å². The molecule has 38 heavy (non-hydrogen) atoms. The first-order chi connectivity index (χ1) is 18.4. The fourth-order valence-corrected chi connectivity index (χ4v) is 7.81. The van der Waals surface area contributed by atoms with Gasteiger partial charge in [0.1, 0.15) is 10.7 Å². The number of hydrogen-bond acceptors (Lipinski definition) is 7. The van der Waals surface area contributed by atoms with Gasteiger partial charge in [-0.05, 0) is 74.9 Å². The number of rotatable bonds is 4. The maximum absolute atomic E-state index is 13.0. The molecule has 0 bridgehead atoms. The Morgan fingerprint density at radius 2 is 1.87 bits per heavy atom. The van der Waals surface area contributed by atoms with Crippen LogP contribution in [0.4, 0.5) is 4.79 Å². The summed E-state index contributed by atoms with van der Waals surface area (Å²) < 4.78 is 0. The van der Waals surface area contributed by atoms with Gasteiger partial charge in [-0.15, -0.1) is 11.3 Å². The minimum atomic E-state index is -0.533. The highest BCUT2D eigenvalue weighted by atomic mass is 32.1. The average molecular weight is 531 g/mol. The summed E-state index contributed by atoms with van der Waals surface area (Å²) >= 11 is 1.87. The summed E-state index contributed by atoms with van der Waals surface area (Å²) in [7, 11) is 0. The number of hydrogen-bond donors (Lipinski definition) is 1. The molecule has 5 heterocycles. The normalized spacial score (nSPS) is 20.4. The van der Waals surface area contributed by atoms with Gasteiger partial charge in [0.15, 0.2) is 0 Å². The van der Waals surface area contributed by atoms with Crippen LogP contribution in [0.25, 0.3) is 10.2 Å². The molecule has 1 N–H and O–H groups in total. The Morgan fingerprint density at radius 1 is 1.03 bits per heavy atom. The highest BCUT2D eigenvalue weighted by Gasteiger charge is 2.37. The Kier molecular flexibility index (Phi) is 5.70. The number of piperidine rings is 1. The first kappa shape index (κ1) is 23.7. The van der Waals surface area contributed by atoms with Crippen LogP contribution in [0, 0.1) is 6.92 Å². The van der Waals surface area contributed by atoms with Gasteiger partial charge in [-0.25, -0.2) is 24.8 Å². The lowest BCUT2D eigenvalue weighted by molar-refractivity contribution is -0.123. The van der Waals surface area contributed by atoms with E-state index in [-0.39, 0.29) is 24.8 Å². The first-order valence-electron chi connectivity index (χ1n) is 13.5. The van der Waals surface area contributed by atoms with Crippen LogP contribution in [-0.4, -0.2) is 62.4 Å². The summed E-state index contributed by atoms with van der Waals surface area (Å²) in [4.78, 5) is 51.7. The van der Waals surface area contributed by atoms with E-state index in [1.165, 1.54) is 54.8 Å². The van der Waals surface area contributed by atoms with Gasteiger partial charge in [0.25, 0.3) is 5.91 Å². The quantitative estimate of drug-likeness (QED) is 0.553. The molecule has 3 aromatic rings. The lowest BCUT2D eigenvalue weighted by atomic mass is 9.90. The van der Waals surface area contributed by atoms with Crippen molar-refractivity contribution >= 4 is 39.4 Å². The number of nitrogens with one attached hydrogen (secondary N) is 1. The van der Waals surface area contributed by atoms with E-state index >= 15 is 0 Å². The molecule has 4 aliphatic rings. The third-order valence-corrected chi connectivity index (χ3v) is 9.55. The van der Waals surface area contributed by atoms with Crippen LogP contribution < -0.4 is 5.32 Å². The molecule has 7 rings (SSSR count). The van der Waals surface area contributed by atoms with Crippen LogP contribution >= 0.6 is 11.3 Å². The summed E-state index contributed by atoms with van der Waals surface area (Å²) in [5.74, 6) is 0.844. The molecule has 9 nitrogen and oxygen atoms in total. The number of carbonyl (C=O) groups excluding carboxylic acids is 3. The van der Waals surface area contributed by atoms with E-state index in [0.717, 1.165) is 50.3 Å². The molecule has 1 aromatic carbocycles. The predicted octanol–water partition coefficient (Wildman–Crippen LogP) is 3.68. The number of urea groups is 1. The van der Waals surface area contributed by atoms with Crippen LogP contribution in [0.5, 0.6) is 0 Å². The molecule has 2 aromatic heterocycles. The highest BCUT2D eigenvalue weighted by Crippen LogP contribution is 2.41. The summed E-state index contributed by atoms with van der Waals surface area (Å²) in [5.41, 5.74) is 5.51. The highest BCUT2D eigenvalue weighted by molar-refractivity contribution is 7.18. The SMILES string of the molecule is Cc1nc(C2CCN(Cc3ccc4c(c3)CN(N3CCC(=O)NC3=O)C4=O)CC2)c2c3c(sc2n1)CCC3. The van der Waals surface area contributed by atoms with E-state index in [1.807, 2.05) is 30.4 Å². The molecule has 0 unspecified atom stereocenters. The molecular weight excluding hydrogens is 500 g/mol. The number of hydrazine groups is 1. The number of benzene rings is 1. The van der Waals surface area contributed by atoms with Gasteiger partial charge in [-0.2, -0.15) is 0 Å². The number of aryl methyl sites for hydroxylation is 3. The molecule has 1 aliphatic carbocycles. The third-order valence-electron chi connectivity index (χ3n) is 8.36. The number of aromatic nitrogens is 2. The Balaban J connectivity index is 1.03. The number of imide groups is 1. The van der Waals surface area contributed by atoms with E-state index in [1.54, 1.807) is 0 Å². The van der Waals surface area contributed by atoms with E-state index < -0.39 is 6.03 Å². The molecule has 0 atom stereocenters. The largest absolute Gasteiger partial charge is 0.342 e.